The van der Waals surface area contributed by atoms with E-state index in [-0.39, 0.29) is 0 Å². The summed E-state index contributed by atoms with van der Waals surface area (Å²) in [5.74, 6) is -1.03. The lowest BCUT2D eigenvalue weighted by Gasteiger charge is -2.19. The molecule has 6 nitrogen and oxygen atoms in total. The number of rotatable bonds is 4. The first kappa shape index (κ1) is 17.9. The number of carbonyl (C=O) groups is 1. The Balaban J connectivity index is 2.26. The molecule has 0 amide bonds. The van der Waals surface area contributed by atoms with Crippen molar-refractivity contribution >= 4 is 5.97 Å². The Morgan fingerprint density at radius 2 is 1.81 bits per heavy atom. The van der Waals surface area contributed by atoms with E-state index in [1.54, 1.807) is 61.0 Å². The third-order valence-corrected chi connectivity index (χ3v) is 4.60. The summed E-state index contributed by atoms with van der Waals surface area (Å²) < 4.78 is 1.66. The van der Waals surface area contributed by atoms with Gasteiger partial charge in [0.2, 0.25) is 0 Å². The molecule has 3 rings (SSSR count). The molecule has 0 saturated heterocycles. The smallest absolute Gasteiger partial charge is 0.331 e. The summed E-state index contributed by atoms with van der Waals surface area (Å²) in [5, 5.41) is 28.6. The zero-order valence-corrected chi connectivity index (χ0v) is 14.8. The van der Waals surface area contributed by atoms with Crippen LogP contribution < -0.4 is 0 Å². The number of nitriles is 2. The lowest BCUT2D eigenvalue weighted by Crippen LogP contribution is -2.22. The molecular formula is C21H16N4O2. The van der Waals surface area contributed by atoms with Gasteiger partial charge in [0.05, 0.1) is 17.2 Å². The predicted molar refractivity (Wildman–Crippen MR) is 98.8 cm³/mol. The van der Waals surface area contributed by atoms with Crippen molar-refractivity contribution in [3.8, 4) is 23.3 Å². The second-order valence-electron chi connectivity index (χ2n) is 6.12. The molecule has 1 aromatic carbocycles. The molecule has 132 valence electrons. The maximum atomic E-state index is 12.1. The molecule has 0 radical (unpaired) electrons. The van der Waals surface area contributed by atoms with Gasteiger partial charge in [0.25, 0.3) is 0 Å². The first-order valence-corrected chi connectivity index (χ1v) is 8.24. The fourth-order valence-electron chi connectivity index (χ4n) is 3.38. The number of hydrogen-bond donors (Lipinski definition) is 1. The van der Waals surface area contributed by atoms with Crippen LogP contribution in [-0.2, 0) is 4.79 Å². The van der Waals surface area contributed by atoms with E-state index in [0.717, 1.165) is 5.56 Å². The summed E-state index contributed by atoms with van der Waals surface area (Å²) >= 11 is 0. The lowest BCUT2D eigenvalue weighted by atomic mass is 10.00. The van der Waals surface area contributed by atoms with Crippen LogP contribution in [0, 0.1) is 36.5 Å². The van der Waals surface area contributed by atoms with Crippen molar-refractivity contribution in [2.75, 3.05) is 0 Å². The highest BCUT2D eigenvalue weighted by Gasteiger charge is 2.29. The highest BCUT2D eigenvalue weighted by atomic mass is 16.4. The third-order valence-electron chi connectivity index (χ3n) is 4.60. The van der Waals surface area contributed by atoms with Gasteiger partial charge in [-0.05, 0) is 37.6 Å². The topological polar surface area (TPSA) is 103 Å². The molecule has 6 heteroatoms. The fraction of sp³-hybridized carbons (Fsp3) is 0.143. The number of carboxylic acids is 1. The molecule has 27 heavy (non-hydrogen) atoms. The van der Waals surface area contributed by atoms with Gasteiger partial charge < -0.3 is 9.67 Å². The number of hydrogen-bond acceptors (Lipinski definition) is 4. The quantitative estimate of drug-likeness (QED) is 0.769. The van der Waals surface area contributed by atoms with E-state index >= 15 is 0 Å². The Kier molecular flexibility index (Phi) is 4.74. The highest BCUT2D eigenvalue weighted by Crippen LogP contribution is 2.35. The summed E-state index contributed by atoms with van der Waals surface area (Å²) in [6.07, 6.45) is 3.10. The van der Waals surface area contributed by atoms with Crippen LogP contribution in [0.2, 0.25) is 0 Å². The molecule has 0 bridgehead atoms. The Hall–Kier alpha value is -3.90. The predicted octanol–water partition coefficient (Wildman–Crippen LogP) is 3.58. The molecular weight excluding hydrogens is 340 g/mol. The molecule has 0 spiro atoms. The number of nitrogens with zero attached hydrogens (tertiary/aromatic N) is 4. The zero-order chi connectivity index (χ0) is 19.6. The molecule has 0 aliphatic rings. The van der Waals surface area contributed by atoms with E-state index in [9.17, 15) is 15.2 Å². The van der Waals surface area contributed by atoms with Gasteiger partial charge in [-0.3, -0.25) is 4.98 Å². The van der Waals surface area contributed by atoms with Crippen LogP contribution in [0.1, 0.15) is 34.1 Å². The standard InChI is InChI=1S/C21H16N4O2/c1-13-18(11-23)19(16-7-5-15(10-22)6-8-16)14(2)25(13)20(21(26)27)17-4-3-9-24-12-17/h3-9,12,20H,1-2H3,(H,26,27). The molecule has 1 atom stereocenters. The minimum absolute atomic E-state index is 0.423. The molecule has 0 fully saturated rings. The Morgan fingerprint density at radius 1 is 1.11 bits per heavy atom. The monoisotopic (exact) mass is 356 g/mol. The summed E-state index contributed by atoms with van der Waals surface area (Å²) in [4.78, 5) is 16.1. The van der Waals surface area contributed by atoms with Gasteiger partial charge in [0.15, 0.2) is 6.04 Å². The molecule has 1 unspecified atom stereocenters. The number of benzene rings is 1. The van der Waals surface area contributed by atoms with E-state index in [2.05, 4.69) is 17.1 Å². The summed E-state index contributed by atoms with van der Waals surface area (Å²) in [7, 11) is 0. The molecule has 0 aliphatic heterocycles. The molecule has 0 saturated carbocycles. The first-order chi connectivity index (χ1) is 13.0. The minimum Gasteiger partial charge on any atom is -0.479 e. The van der Waals surface area contributed by atoms with Gasteiger partial charge in [0.1, 0.15) is 6.07 Å². The van der Waals surface area contributed by atoms with Gasteiger partial charge in [-0.25, -0.2) is 4.79 Å². The molecule has 2 heterocycles. The number of aromatic nitrogens is 2. The van der Waals surface area contributed by atoms with Gasteiger partial charge in [-0.2, -0.15) is 10.5 Å². The average Bonchev–Trinajstić information content (AvgIpc) is 2.93. The maximum absolute atomic E-state index is 12.1. The van der Waals surface area contributed by atoms with Crippen LogP contribution in [0.25, 0.3) is 11.1 Å². The normalized spacial score (nSPS) is 11.4. The highest BCUT2D eigenvalue weighted by molar-refractivity contribution is 5.80. The van der Waals surface area contributed by atoms with Crippen LogP contribution in [0.5, 0.6) is 0 Å². The van der Waals surface area contributed by atoms with Crippen LogP contribution in [-0.4, -0.2) is 20.6 Å². The van der Waals surface area contributed by atoms with Crippen molar-refractivity contribution in [1.29, 1.82) is 10.5 Å². The zero-order valence-electron chi connectivity index (χ0n) is 14.8. The lowest BCUT2D eigenvalue weighted by molar-refractivity contribution is -0.139. The summed E-state index contributed by atoms with van der Waals surface area (Å²) in [5.41, 5.74) is 4.16. The van der Waals surface area contributed by atoms with E-state index in [0.29, 0.717) is 33.6 Å². The van der Waals surface area contributed by atoms with Gasteiger partial charge in [-0.1, -0.05) is 18.2 Å². The van der Waals surface area contributed by atoms with Gasteiger partial charge in [0, 0.05) is 34.9 Å². The first-order valence-electron chi connectivity index (χ1n) is 8.24. The molecule has 2 aromatic heterocycles. The van der Waals surface area contributed by atoms with Crippen LogP contribution >= 0.6 is 0 Å². The third kappa shape index (κ3) is 3.05. The number of pyridine rings is 1. The largest absolute Gasteiger partial charge is 0.479 e. The van der Waals surface area contributed by atoms with Crippen molar-refractivity contribution in [3.63, 3.8) is 0 Å². The van der Waals surface area contributed by atoms with Crippen molar-refractivity contribution in [2.24, 2.45) is 0 Å². The fourth-order valence-corrected chi connectivity index (χ4v) is 3.38. The van der Waals surface area contributed by atoms with Crippen LogP contribution in [0.15, 0.2) is 48.8 Å². The van der Waals surface area contributed by atoms with Crippen LogP contribution in [0.3, 0.4) is 0 Å². The average molecular weight is 356 g/mol. The maximum Gasteiger partial charge on any atom is 0.331 e. The van der Waals surface area contributed by atoms with Crippen molar-refractivity contribution < 1.29 is 9.90 Å². The van der Waals surface area contributed by atoms with E-state index < -0.39 is 12.0 Å². The second kappa shape index (κ2) is 7.15. The Morgan fingerprint density at radius 3 is 2.33 bits per heavy atom. The summed E-state index contributed by atoms with van der Waals surface area (Å²) in [6, 6.07) is 13.6. The Labute approximate surface area is 156 Å². The minimum atomic E-state index is -1.03. The van der Waals surface area contributed by atoms with E-state index in [1.807, 2.05) is 0 Å². The second-order valence-corrected chi connectivity index (χ2v) is 6.12. The van der Waals surface area contributed by atoms with Crippen LogP contribution in [0.4, 0.5) is 0 Å². The summed E-state index contributed by atoms with van der Waals surface area (Å²) in [6.45, 7) is 3.54. The van der Waals surface area contributed by atoms with Crippen molar-refractivity contribution in [2.45, 2.75) is 19.9 Å². The number of aliphatic carboxylic acids is 1. The molecule has 3 aromatic rings. The van der Waals surface area contributed by atoms with Gasteiger partial charge >= 0.3 is 5.97 Å². The van der Waals surface area contributed by atoms with Crippen molar-refractivity contribution in [1.82, 2.24) is 9.55 Å². The number of carboxylic acid groups (broad SMARTS) is 1. The molecule has 0 aliphatic carbocycles. The Bertz CT molecular complexity index is 1080. The van der Waals surface area contributed by atoms with Gasteiger partial charge in [-0.15, -0.1) is 0 Å². The van der Waals surface area contributed by atoms with E-state index in [1.165, 1.54) is 6.20 Å². The molecule has 1 N–H and O–H groups in total. The van der Waals surface area contributed by atoms with E-state index in [4.69, 9.17) is 5.26 Å². The SMILES string of the molecule is Cc1c(C#N)c(-c2ccc(C#N)cc2)c(C)n1C(C(=O)O)c1cccnc1. The van der Waals surface area contributed by atoms with Crippen molar-refractivity contribution in [3.05, 3.63) is 76.9 Å².